The molecule has 1 aromatic rings. The summed E-state index contributed by atoms with van der Waals surface area (Å²) in [6.07, 6.45) is 1.86. The Balaban J connectivity index is 2.72. The fraction of sp³-hybridized carbons (Fsp3) is 0.375. The van der Waals surface area contributed by atoms with Crippen LogP contribution in [0, 0.1) is 6.92 Å². The molecule has 4 heteroatoms. The lowest BCUT2D eigenvalue weighted by Crippen LogP contribution is -1.86. The molecule has 0 saturated heterocycles. The third-order valence-electron chi connectivity index (χ3n) is 1.26. The average molecular weight is 267 g/mol. The average Bonchev–Trinajstić information content (AvgIpc) is 2.03. The molecular formula is C8H9BrClNS. The minimum atomic E-state index is 0.659. The highest BCUT2D eigenvalue weighted by molar-refractivity contribution is 9.10. The summed E-state index contributed by atoms with van der Waals surface area (Å²) in [5, 5.41) is 1.02. The van der Waals surface area contributed by atoms with Crippen molar-refractivity contribution in [2.45, 2.75) is 11.9 Å². The lowest BCUT2D eigenvalue weighted by Gasteiger charge is -2.01. The van der Waals surface area contributed by atoms with Crippen molar-refractivity contribution >= 4 is 39.3 Å². The first-order valence-corrected chi connectivity index (χ1v) is 5.86. The molecule has 0 atom stereocenters. The van der Waals surface area contributed by atoms with Crippen LogP contribution in [-0.2, 0) is 0 Å². The molecule has 0 spiro atoms. The molecule has 1 aromatic heterocycles. The Morgan fingerprint density at radius 3 is 3.00 bits per heavy atom. The molecule has 0 aliphatic rings. The van der Waals surface area contributed by atoms with Gasteiger partial charge in [-0.3, -0.25) is 0 Å². The van der Waals surface area contributed by atoms with Crippen molar-refractivity contribution in [1.29, 1.82) is 0 Å². The summed E-state index contributed by atoms with van der Waals surface area (Å²) in [7, 11) is 0. The van der Waals surface area contributed by atoms with Gasteiger partial charge in [-0.2, -0.15) is 0 Å². The monoisotopic (exact) mass is 265 g/mol. The van der Waals surface area contributed by atoms with Gasteiger partial charge in [-0.15, -0.1) is 23.4 Å². The predicted octanol–water partition coefficient (Wildman–Crippen LogP) is 3.48. The molecule has 1 rings (SSSR count). The van der Waals surface area contributed by atoms with Crippen LogP contribution in [0.15, 0.2) is 21.8 Å². The second-order valence-electron chi connectivity index (χ2n) is 2.34. The molecular weight excluding hydrogens is 258 g/mol. The number of thioether (sulfide) groups is 1. The smallest absolute Gasteiger partial charge is 0.110 e. The maximum absolute atomic E-state index is 5.57. The van der Waals surface area contributed by atoms with Gasteiger partial charge in [-0.25, -0.2) is 4.98 Å². The Bertz CT molecular complexity index is 267. The Morgan fingerprint density at radius 2 is 2.42 bits per heavy atom. The molecule has 0 aromatic carbocycles. The zero-order valence-corrected chi connectivity index (χ0v) is 9.84. The summed E-state index contributed by atoms with van der Waals surface area (Å²) >= 11 is 10.7. The van der Waals surface area contributed by atoms with Crippen LogP contribution in [0.2, 0.25) is 0 Å². The molecule has 0 N–H and O–H groups in total. The number of pyridine rings is 1. The van der Waals surface area contributed by atoms with E-state index < -0.39 is 0 Å². The van der Waals surface area contributed by atoms with Crippen LogP contribution in [0.1, 0.15) is 5.56 Å². The third kappa shape index (κ3) is 2.96. The van der Waals surface area contributed by atoms with Gasteiger partial charge in [0.1, 0.15) is 5.03 Å². The SMILES string of the molecule is Cc1cnc(SCCCl)c(Br)c1. The van der Waals surface area contributed by atoms with Gasteiger partial charge in [-0.05, 0) is 34.5 Å². The summed E-state index contributed by atoms with van der Waals surface area (Å²) in [4.78, 5) is 4.27. The first kappa shape index (κ1) is 10.4. The van der Waals surface area contributed by atoms with E-state index in [1.807, 2.05) is 13.1 Å². The summed E-state index contributed by atoms with van der Waals surface area (Å²) in [5.41, 5.74) is 1.16. The largest absolute Gasteiger partial charge is 0.248 e. The third-order valence-corrected chi connectivity index (χ3v) is 3.55. The first-order valence-electron chi connectivity index (χ1n) is 3.55. The van der Waals surface area contributed by atoms with Gasteiger partial charge in [0.2, 0.25) is 0 Å². The molecule has 0 saturated carbocycles. The predicted molar refractivity (Wildman–Crippen MR) is 58.1 cm³/mol. The van der Waals surface area contributed by atoms with Gasteiger partial charge < -0.3 is 0 Å². The quantitative estimate of drug-likeness (QED) is 0.614. The van der Waals surface area contributed by atoms with Crippen LogP contribution in [0.5, 0.6) is 0 Å². The molecule has 12 heavy (non-hydrogen) atoms. The standard InChI is InChI=1S/C8H9BrClNS/c1-6-4-7(9)8(11-5-6)12-3-2-10/h4-5H,2-3H2,1H3. The van der Waals surface area contributed by atoms with Gasteiger partial charge in [-0.1, -0.05) is 0 Å². The van der Waals surface area contributed by atoms with Crippen molar-refractivity contribution in [2.24, 2.45) is 0 Å². The topological polar surface area (TPSA) is 12.9 Å². The lowest BCUT2D eigenvalue weighted by atomic mass is 10.3. The van der Waals surface area contributed by atoms with Crippen molar-refractivity contribution in [3.63, 3.8) is 0 Å². The van der Waals surface area contributed by atoms with Gasteiger partial charge in [0.05, 0.1) is 4.47 Å². The molecule has 1 nitrogen and oxygen atoms in total. The van der Waals surface area contributed by atoms with Crippen molar-refractivity contribution in [3.8, 4) is 0 Å². The molecule has 1 heterocycles. The van der Waals surface area contributed by atoms with E-state index in [4.69, 9.17) is 11.6 Å². The van der Waals surface area contributed by atoms with Crippen molar-refractivity contribution in [2.75, 3.05) is 11.6 Å². The summed E-state index contributed by atoms with van der Waals surface area (Å²) in [6, 6.07) is 2.06. The van der Waals surface area contributed by atoms with E-state index >= 15 is 0 Å². The van der Waals surface area contributed by atoms with E-state index in [2.05, 4.69) is 27.0 Å². The number of aryl methyl sites for hydroxylation is 1. The van der Waals surface area contributed by atoms with Crippen LogP contribution in [0.25, 0.3) is 0 Å². The number of alkyl halides is 1. The van der Waals surface area contributed by atoms with Crippen LogP contribution < -0.4 is 0 Å². The maximum Gasteiger partial charge on any atom is 0.110 e. The summed E-state index contributed by atoms with van der Waals surface area (Å²) in [5.74, 6) is 1.56. The Hall–Kier alpha value is 0.270. The zero-order chi connectivity index (χ0) is 8.97. The van der Waals surface area contributed by atoms with Crippen molar-refractivity contribution in [1.82, 2.24) is 4.98 Å². The van der Waals surface area contributed by atoms with Gasteiger partial charge in [0.15, 0.2) is 0 Å². The number of nitrogens with zero attached hydrogens (tertiary/aromatic N) is 1. The molecule has 0 amide bonds. The van der Waals surface area contributed by atoms with Crippen LogP contribution >= 0.6 is 39.3 Å². The number of rotatable bonds is 3. The Labute approximate surface area is 90.0 Å². The maximum atomic E-state index is 5.57. The van der Waals surface area contributed by atoms with Crippen molar-refractivity contribution < 1.29 is 0 Å². The molecule has 0 bridgehead atoms. The molecule has 66 valence electrons. The highest BCUT2D eigenvalue weighted by Gasteiger charge is 2.00. The van der Waals surface area contributed by atoms with E-state index in [0.29, 0.717) is 5.88 Å². The van der Waals surface area contributed by atoms with Crippen LogP contribution in [0.3, 0.4) is 0 Å². The number of hydrogen-bond acceptors (Lipinski definition) is 2. The van der Waals surface area contributed by atoms with Gasteiger partial charge >= 0.3 is 0 Å². The Morgan fingerprint density at radius 1 is 1.67 bits per heavy atom. The fourth-order valence-corrected chi connectivity index (χ4v) is 2.40. The molecule has 0 radical (unpaired) electrons. The second-order valence-corrected chi connectivity index (χ2v) is 4.65. The van der Waals surface area contributed by atoms with Crippen LogP contribution in [0.4, 0.5) is 0 Å². The van der Waals surface area contributed by atoms with Gasteiger partial charge in [0, 0.05) is 17.8 Å². The summed E-state index contributed by atoms with van der Waals surface area (Å²) in [6.45, 7) is 2.02. The Kier molecular flexibility index (Phi) is 4.40. The number of aromatic nitrogens is 1. The van der Waals surface area contributed by atoms with E-state index in [-0.39, 0.29) is 0 Å². The molecule has 0 aliphatic carbocycles. The van der Waals surface area contributed by atoms with E-state index in [0.717, 1.165) is 20.8 Å². The molecule has 0 aliphatic heterocycles. The lowest BCUT2D eigenvalue weighted by molar-refractivity contribution is 1.09. The molecule has 0 unspecified atom stereocenters. The first-order chi connectivity index (χ1) is 5.74. The van der Waals surface area contributed by atoms with E-state index in [1.54, 1.807) is 11.8 Å². The minimum absolute atomic E-state index is 0.659. The van der Waals surface area contributed by atoms with E-state index in [9.17, 15) is 0 Å². The summed E-state index contributed by atoms with van der Waals surface area (Å²) < 4.78 is 1.05. The number of halogens is 2. The second kappa shape index (κ2) is 5.10. The zero-order valence-electron chi connectivity index (χ0n) is 6.68. The minimum Gasteiger partial charge on any atom is -0.248 e. The van der Waals surface area contributed by atoms with Gasteiger partial charge in [0.25, 0.3) is 0 Å². The fourth-order valence-electron chi connectivity index (χ4n) is 0.762. The normalized spacial score (nSPS) is 10.2. The number of hydrogen-bond donors (Lipinski definition) is 0. The highest BCUT2D eigenvalue weighted by Crippen LogP contribution is 2.25. The molecule has 0 fully saturated rings. The van der Waals surface area contributed by atoms with Crippen molar-refractivity contribution in [3.05, 3.63) is 22.3 Å². The van der Waals surface area contributed by atoms with E-state index in [1.165, 1.54) is 0 Å². The van der Waals surface area contributed by atoms with Crippen LogP contribution in [-0.4, -0.2) is 16.6 Å². The highest BCUT2D eigenvalue weighted by atomic mass is 79.9.